The molecule has 1 aromatic rings. The van der Waals surface area contributed by atoms with Gasteiger partial charge in [0.2, 0.25) is 0 Å². The number of benzene rings is 1. The van der Waals surface area contributed by atoms with Gasteiger partial charge in [0.25, 0.3) is 0 Å². The molecule has 2 N–H and O–H groups in total. The molecule has 5 heteroatoms. The van der Waals surface area contributed by atoms with Crippen molar-refractivity contribution in [1.82, 2.24) is 10.6 Å². The molecule has 1 aliphatic rings. The summed E-state index contributed by atoms with van der Waals surface area (Å²) in [4.78, 5) is 23.9. The number of methoxy groups -OCH3 is 1. The number of nitrogens with one attached hydrogen (secondary N) is 2. The van der Waals surface area contributed by atoms with Crippen LogP contribution in [-0.2, 0) is 9.59 Å². The van der Waals surface area contributed by atoms with Gasteiger partial charge in [0.05, 0.1) is 13.2 Å². The van der Waals surface area contributed by atoms with Gasteiger partial charge in [-0.15, -0.1) is 0 Å². The maximum Gasteiger partial charge on any atom is 0.309 e. The fourth-order valence-corrected chi connectivity index (χ4v) is 2.74. The monoisotopic (exact) mass is 304 g/mol. The van der Waals surface area contributed by atoms with Crippen molar-refractivity contribution in [3.63, 3.8) is 0 Å². The Morgan fingerprint density at radius 3 is 2.32 bits per heavy atom. The van der Waals surface area contributed by atoms with Crippen molar-refractivity contribution in [3.05, 3.63) is 29.8 Å². The molecule has 0 aliphatic heterocycles. The summed E-state index contributed by atoms with van der Waals surface area (Å²) < 4.78 is 5.10. The van der Waals surface area contributed by atoms with Crippen LogP contribution >= 0.6 is 0 Å². The first kappa shape index (κ1) is 16.3. The first-order valence-electron chi connectivity index (χ1n) is 7.85. The summed E-state index contributed by atoms with van der Waals surface area (Å²) >= 11 is 0. The molecule has 0 bridgehead atoms. The molecule has 1 aliphatic carbocycles. The summed E-state index contributed by atoms with van der Waals surface area (Å²) in [6.45, 7) is 1.85. The van der Waals surface area contributed by atoms with Crippen LogP contribution in [0.25, 0.3) is 0 Å². The average molecular weight is 304 g/mol. The summed E-state index contributed by atoms with van der Waals surface area (Å²) in [5.74, 6) is -0.349. The largest absolute Gasteiger partial charge is 0.497 e. The van der Waals surface area contributed by atoms with E-state index < -0.39 is 11.8 Å². The van der Waals surface area contributed by atoms with Crippen LogP contribution < -0.4 is 15.4 Å². The van der Waals surface area contributed by atoms with Crippen LogP contribution in [0, 0.1) is 0 Å². The third kappa shape index (κ3) is 4.48. The van der Waals surface area contributed by atoms with E-state index in [0.717, 1.165) is 37.0 Å². The van der Waals surface area contributed by atoms with Crippen LogP contribution in [0.4, 0.5) is 0 Å². The molecule has 0 heterocycles. The van der Waals surface area contributed by atoms with Crippen LogP contribution in [0.5, 0.6) is 5.75 Å². The number of ether oxygens (including phenoxy) is 1. The summed E-state index contributed by atoms with van der Waals surface area (Å²) in [6, 6.07) is 7.34. The lowest BCUT2D eigenvalue weighted by molar-refractivity contribution is -0.140. The molecule has 22 heavy (non-hydrogen) atoms. The van der Waals surface area contributed by atoms with E-state index in [1.807, 2.05) is 31.2 Å². The topological polar surface area (TPSA) is 67.4 Å². The molecule has 0 unspecified atom stereocenters. The van der Waals surface area contributed by atoms with Crippen LogP contribution in [0.1, 0.15) is 50.6 Å². The van der Waals surface area contributed by atoms with Gasteiger partial charge in [-0.1, -0.05) is 31.4 Å². The zero-order valence-corrected chi connectivity index (χ0v) is 13.2. The van der Waals surface area contributed by atoms with Crippen molar-refractivity contribution >= 4 is 11.8 Å². The highest BCUT2D eigenvalue weighted by atomic mass is 16.5. The van der Waals surface area contributed by atoms with Gasteiger partial charge in [0.1, 0.15) is 5.75 Å². The molecule has 1 fully saturated rings. The third-order valence-corrected chi connectivity index (χ3v) is 4.11. The average Bonchev–Trinajstić information content (AvgIpc) is 2.55. The SMILES string of the molecule is COc1ccc([C@@H](C)NC(=O)C(=O)NC2CCCCC2)cc1. The fraction of sp³-hybridized carbons (Fsp3) is 0.529. The molecule has 2 amide bonds. The van der Waals surface area contributed by atoms with Crippen molar-refractivity contribution in [2.24, 2.45) is 0 Å². The lowest BCUT2D eigenvalue weighted by atomic mass is 9.95. The second kappa shape index (κ2) is 7.82. The predicted molar refractivity (Wildman–Crippen MR) is 84.6 cm³/mol. The minimum Gasteiger partial charge on any atom is -0.497 e. The number of amides is 2. The highest BCUT2D eigenvalue weighted by molar-refractivity contribution is 6.35. The quantitative estimate of drug-likeness (QED) is 0.839. The first-order valence-corrected chi connectivity index (χ1v) is 7.85. The Morgan fingerprint density at radius 1 is 1.09 bits per heavy atom. The summed E-state index contributed by atoms with van der Waals surface area (Å²) in [6.07, 6.45) is 5.39. The number of rotatable bonds is 4. The number of carbonyl (C=O) groups is 2. The zero-order valence-electron chi connectivity index (χ0n) is 13.2. The van der Waals surface area contributed by atoms with Crippen LogP contribution in [-0.4, -0.2) is 25.0 Å². The van der Waals surface area contributed by atoms with Gasteiger partial charge in [-0.25, -0.2) is 0 Å². The van der Waals surface area contributed by atoms with E-state index in [2.05, 4.69) is 10.6 Å². The predicted octanol–water partition coefficient (Wildman–Crippen LogP) is 2.32. The van der Waals surface area contributed by atoms with Gasteiger partial charge in [-0.3, -0.25) is 9.59 Å². The standard InChI is InChI=1S/C17H24N2O3/c1-12(13-8-10-15(22-2)11-9-13)18-16(20)17(21)19-14-6-4-3-5-7-14/h8-12,14H,3-7H2,1-2H3,(H,18,20)(H,19,21)/t12-/m1/s1. The van der Waals surface area contributed by atoms with Gasteiger partial charge in [0.15, 0.2) is 0 Å². The number of carbonyl (C=O) groups excluding carboxylic acids is 2. The highest BCUT2D eigenvalue weighted by Gasteiger charge is 2.21. The summed E-state index contributed by atoms with van der Waals surface area (Å²) in [5, 5.41) is 5.55. The molecular weight excluding hydrogens is 280 g/mol. The molecule has 0 radical (unpaired) electrons. The van der Waals surface area contributed by atoms with E-state index in [1.165, 1.54) is 6.42 Å². The van der Waals surface area contributed by atoms with Crippen LogP contribution in [0.2, 0.25) is 0 Å². The van der Waals surface area contributed by atoms with E-state index >= 15 is 0 Å². The molecule has 120 valence electrons. The molecule has 1 aromatic carbocycles. The molecule has 0 aromatic heterocycles. The lowest BCUT2D eigenvalue weighted by Gasteiger charge is -2.23. The van der Waals surface area contributed by atoms with Crippen molar-refractivity contribution in [2.75, 3.05) is 7.11 Å². The van der Waals surface area contributed by atoms with E-state index in [1.54, 1.807) is 7.11 Å². The molecule has 0 saturated heterocycles. The van der Waals surface area contributed by atoms with Gasteiger partial charge in [-0.05, 0) is 37.5 Å². The Balaban J connectivity index is 1.85. The van der Waals surface area contributed by atoms with Crippen molar-refractivity contribution in [1.29, 1.82) is 0 Å². The molecule has 5 nitrogen and oxygen atoms in total. The van der Waals surface area contributed by atoms with Crippen LogP contribution in [0.15, 0.2) is 24.3 Å². The molecule has 0 spiro atoms. The fourth-order valence-electron chi connectivity index (χ4n) is 2.74. The number of hydrogen-bond acceptors (Lipinski definition) is 3. The second-order valence-corrected chi connectivity index (χ2v) is 5.78. The van der Waals surface area contributed by atoms with E-state index in [4.69, 9.17) is 4.74 Å². The molecule has 1 atom stereocenters. The smallest absolute Gasteiger partial charge is 0.309 e. The van der Waals surface area contributed by atoms with Gasteiger partial charge in [-0.2, -0.15) is 0 Å². The maximum atomic E-state index is 12.0. The van der Waals surface area contributed by atoms with Crippen molar-refractivity contribution in [2.45, 2.75) is 51.1 Å². The minimum atomic E-state index is -0.575. The lowest BCUT2D eigenvalue weighted by Crippen LogP contribution is -2.45. The highest BCUT2D eigenvalue weighted by Crippen LogP contribution is 2.18. The van der Waals surface area contributed by atoms with Crippen LogP contribution in [0.3, 0.4) is 0 Å². The summed E-state index contributed by atoms with van der Waals surface area (Å²) in [7, 11) is 1.61. The van der Waals surface area contributed by atoms with E-state index in [-0.39, 0.29) is 12.1 Å². The Hall–Kier alpha value is -2.04. The molecule has 2 rings (SSSR count). The third-order valence-electron chi connectivity index (χ3n) is 4.11. The van der Waals surface area contributed by atoms with E-state index in [9.17, 15) is 9.59 Å². The Labute approximate surface area is 131 Å². The van der Waals surface area contributed by atoms with Crippen molar-refractivity contribution in [3.8, 4) is 5.75 Å². The molecule has 1 saturated carbocycles. The van der Waals surface area contributed by atoms with Gasteiger partial charge < -0.3 is 15.4 Å². The second-order valence-electron chi connectivity index (χ2n) is 5.78. The zero-order chi connectivity index (χ0) is 15.9. The normalized spacial score (nSPS) is 16.6. The molecular formula is C17H24N2O3. The maximum absolute atomic E-state index is 12.0. The minimum absolute atomic E-state index is 0.142. The Bertz CT molecular complexity index is 507. The van der Waals surface area contributed by atoms with Gasteiger partial charge in [0, 0.05) is 6.04 Å². The Morgan fingerprint density at radius 2 is 1.73 bits per heavy atom. The van der Waals surface area contributed by atoms with Gasteiger partial charge >= 0.3 is 11.8 Å². The summed E-state index contributed by atoms with van der Waals surface area (Å²) in [5.41, 5.74) is 0.930. The van der Waals surface area contributed by atoms with E-state index in [0.29, 0.717) is 0 Å². The first-order chi connectivity index (χ1) is 10.6. The van der Waals surface area contributed by atoms with Crippen molar-refractivity contribution < 1.29 is 14.3 Å². The Kier molecular flexibility index (Phi) is 5.81. The number of hydrogen-bond donors (Lipinski definition) is 2.